The Balaban J connectivity index is 1.89. The topological polar surface area (TPSA) is 32.3 Å². The fraction of sp³-hybridized carbons (Fsp3) is 0.611. The van der Waals surface area contributed by atoms with Crippen molar-refractivity contribution in [1.29, 1.82) is 0 Å². The molecule has 0 bridgehead atoms. The quantitative estimate of drug-likeness (QED) is 0.923. The number of nitrogens with one attached hydrogen (secondary N) is 1. The first-order chi connectivity index (χ1) is 9.86. The molecule has 1 atom stereocenters. The Kier molecular flexibility index (Phi) is 5.04. The van der Waals surface area contributed by atoms with Crippen molar-refractivity contribution in [2.45, 2.75) is 58.0 Å². The third-order valence-corrected chi connectivity index (χ3v) is 4.25. The van der Waals surface area contributed by atoms with Crippen LogP contribution in [0.3, 0.4) is 0 Å². The molecule has 1 aromatic rings. The van der Waals surface area contributed by atoms with Gasteiger partial charge in [-0.3, -0.25) is 4.79 Å². The number of carbonyl (C=O) groups is 1. The summed E-state index contributed by atoms with van der Waals surface area (Å²) in [5.74, 6) is 0.231. The molecule has 21 heavy (non-hydrogen) atoms. The summed E-state index contributed by atoms with van der Waals surface area (Å²) >= 11 is 0. The monoisotopic (exact) mass is 288 g/mol. The Morgan fingerprint density at radius 1 is 1.29 bits per heavy atom. The zero-order valence-electron chi connectivity index (χ0n) is 13.8. The van der Waals surface area contributed by atoms with Gasteiger partial charge in [0.2, 0.25) is 5.91 Å². The zero-order valence-corrected chi connectivity index (χ0v) is 13.8. The number of hydrogen-bond donors (Lipinski definition) is 1. The van der Waals surface area contributed by atoms with Gasteiger partial charge in [0.05, 0.1) is 0 Å². The van der Waals surface area contributed by atoms with Gasteiger partial charge in [0.1, 0.15) is 0 Å². The number of rotatable bonds is 4. The van der Waals surface area contributed by atoms with Crippen molar-refractivity contribution >= 4 is 5.91 Å². The van der Waals surface area contributed by atoms with E-state index in [2.05, 4.69) is 50.4 Å². The van der Waals surface area contributed by atoms with Gasteiger partial charge in [0.15, 0.2) is 0 Å². The van der Waals surface area contributed by atoms with Gasteiger partial charge in [0, 0.05) is 26.1 Å². The molecule has 116 valence electrons. The first kappa shape index (κ1) is 16.0. The lowest BCUT2D eigenvalue weighted by Crippen LogP contribution is -2.33. The summed E-state index contributed by atoms with van der Waals surface area (Å²) in [6.07, 6.45) is 2.94. The highest BCUT2D eigenvalue weighted by atomic mass is 16.2. The van der Waals surface area contributed by atoms with E-state index >= 15 is 0 Å². The van der Waals surface area contributed by atoms with Crippen LogP contribution in [-0.2, 0) is 16.8 Å². The summed E-state index contributed by atoms with van der Waals surface area (Å²) in [4.78, 5) is 14.1. The Morgan fingerprint density at radius 2 is 1.95 bits per heavy atom. The smallest absolute Gasteiger partial charge is 0.224 e. The maximum absolute atomic E-state index is 12.2. The van der Waals surface area contributed by atoms with Crippen molar-refractivity contribution in [3.05, 3.63) is 35.4 Å². The molecule has 0 aromatic heterocycles. The van der Waals surface area contributed by atoms with Crippen LogP contribution in [0.5, 0.6) is 0 Å². The predicted octanol–water partition coefficient (Wildman–Crippen LogP) is 3.08. The maximum atomic E-state index is 12.2. The number of benzene rings is 1. The summed E-state index contributed by atoms with van der Waals surface area (Å²) in [5, 5.41) is 3.38. The van der Waals surface area contributed by atoms with Crippen LogP contribution in [0.2, 0.25) is 0 Å². The van der Waals surface area contributed by atoms with Crippen LogP contribution < -0.4 is 5.32 Å². The van der Waals surface area contributed by atoms with Crippen molar-refractivity contribution in [3.8, 4) is 0 Å². The van der Waals surface area contributed by atoms with Crippen LogP contribution in [0.15, 0.2) is 24.3 Å². The molecule has 1 aromatic carbocycles. The van der Waals surface area contributed by atoms with Gasteiger partial charge in [-0.15, -0.1) is 0 Å². The highest BCUT2D eigenvalue weighted by Gasteiger charge is 2.20. The van der Waals surface area contributed by atoms with Gasteiger partial charge < -0.3 is 10.2 Å². The van der Waals surface area contributed by atoms with Crippen LogP contribution in [0, 0.1) is 0 Å². The molecule has 1 amide bonds. The second kappa shape index (κ2) is 6.61. The molecule has 3 nitrogen and oxygen atoms in total. The van der Waals surface area contributed by atoms with Gasteiger partial charge in [-0.05, 0) is 35.9 Å². The molecule has 2 rings (SSSR count). The van der Waals surface area contributed by atoms with Gasteiger partial charge in [0.25, 0.3) is 0 Å². The summed E-state index contributed by atoms with van der Waals surface area (Å²) < 4.78 is 0. The minimum absolute atomic E-state index is 0.175. The number of carbonyl (C=O) groups excluding carboxylic acids is 1. The minimum Gasteiger partial charge on any atom is -0.341 e. The first-order valence-electron chi connectivity index (χ1n) is 7.93. The van der Waals surface area contributed by atoms with E-state index < -0.39 is 0 Å². The second-order valence-corrected chi connectivity index (χ2v) is 7.19. The van der Waals surface area contributed by atoms with Gasteiger partial charge >= 0.3 is 0 Å². The molecule has 1 fully saturated rings. The molecule has 1 aliphatic rings. The molecular formula is C18H28N2O. The minimum atomic E-state index is 0.175. The highest BCUT2D eigenvalue weighted by molar-refractivity contribution is 5.76. The largest absolute Gasteiger partial charge is 0.341 e. The van der Waals surface area contributed by atoms with Crippen molar-refractivity contribution in [1.82, 2.24) is 10.2 Å². The number of nitrogens with zero attached hydrogens (tertiary/aromatic N) is 1. The average molecular weight is 288 g/mol. The lowest BCUT2D eigenvalue weighted by Gasteiger charge is -2.22. The first-order valence-corrected chi connectivity index (χ1v) is 7.93. The Labute approximate surface area is 128 Å². The number of amides is 1. The second-order valence-electron chi connectivity index (χ2n) is 7.19. The van der Waals surface area contributed by atoms with Gasteiger partial charge in [-0.2, -0.15) is 0 Å². The van der Waals surface area contributed by atoms with E-state index in [1.807, 2.05) is 11.9 Å². The van der Waals surface area contributed by atoms with Gasteiger partial charge in [-0.25, -0.2) is 0 Å². The average Bonchev–Trinajstić information content (AvgIpc) is 2.91. The van der Waals surface area contributed by atoms with Crippen LogP contribution in [-0.4, -0.2) is 30.4 Å². The molecule has 0 saturated carbocycles. The van der Waals surface area contributed by atoms with Crippen LogP contribution in [0.4, 0.5) is 0 Å². The van der Waals surface area contributed by atoms with E-state index in [1.54, 1.807) is 0 Å². The molecule has 1 saturated heterocycles. The van der Waals surface area contributed by atoms with Crippen molar-refractivity contribution in [2.24, 2.45) is 0 Å². The van der Waals surface area contributed by atoms with Crippen molar-refractivity contribution < 1.29 is 4.79 Å². The molecule has 1 unspecified atom stereocenters. The van der Waals surface area contributed by atoms with E-state index in [0.717, 1.165) is 13.0 Å². The fourth-order valence-corrected chi connectivity index (χ4v) is 2.77. The van der Waals surface area contributed by atoms with E-state index in [9.17, 15) is 4.79 Å². The molecule has 0 aliphatic carbocycles. The predicted molar refractivity (Wildman–Crippen MR) is 87.3 cm³/mol. The van der Waals surface area contributed by atoms with Gasteiger partial charge in [-0.1, -0.05) is 45.0 Å². The molecule has 3 heteroatoms. The molecule has 1 heterocycles. The SMILES string of the molecule is CN(Cc1ccc(C(C)(C)C)cc1)C(=O)CC1CCCN1. The Hall–Kier alpha value is -1.35. The van der Waals surface area contributed by atoms with Crippen molar-refractivity contribution in [2.75, 3.05) is 13.6 Å². The summed E-state index contributed by atoms with van der Waals surface area (Å²) in [6, 6.07) is 9.00. The third-order valence-electron chi connectivity index (χ3n) is 4.25. The Bertz CT molecular complexity index is 467. The lowest BCUT2D eigenvalue weighted by molar-refractivity contribution is -0.130. The third kappa shape index (κ3) is 4.57. The molecule has 1 N–H and O–H groups in total. The highest BCUT2D eigenvalue weighted by Crippen LogP contribution is 2.22. The number of hydrogen-bond acceptors (Lipinski definition) is 2. The Morgan fingerprint density at radius 3 is 2.48 bits per heavy atom. The molecule has 0 spiro atoms. The zero-order chi connectivity index (χ0) is 15.5. The summed E-state index contributed by atoms with van der Waals surface area (Å²) in [7, 11) is 1.90. The summed E-state index contributed by atoms with van der Waals surface area (Å²) in [6.45, 7) is 8.39. The molecule has 0 radical (unpaired) electrons. The van der Waals surface area contributed by atoms with Crippen LogP contribution in [0.1, 0.15) is 51.2 Å². The fourth-order valence-electron chi connectivity index (χ4n) is 2.77. The molecule has 1 aliphatic heterocycles. The maximum Gasteiger partial charge on any atom is 0.224 e. The van der Waals surface area contributed by atoms with Crippen LogP contribution in [0.25, 0.3) is 0 Å². The van der Waals surface area contributed by atoms with E-state index in [4.69, 9.17) is 0 Å². The normalized spacial score (nSPS) is 18.8. The van der Waals surface area contributed by atoms with Crippen molar-refractivity contribution in [3.63, 3.8) is 0 Å². The van der Waals surface area contributed by atoms with E-state index in [0.29, 0.717) is 19.0 Å². The van der Waals surface area contributed by atoms with Crippen LogP contribution >= 0.6 is 0 Å². The lowest BCUT2D eigenvalue weighted by atomic mass is 9.87. The summed E-state index contributed by atoms with van der Waals surface area (Å²) in [5.41, 5.74) is 2.70. The van der Waals surface area contributed by atoms with E-state index in [1.165, 1.54) is 17.5 Å². The van der Waals surface area contributed by atoms with E-state index in [-0.39, 0.29) is 11.3 Å². The molecular weight excluding hydrogens is 260 g/mol. The standard InChI is InChI=1S/C18H28N2O/c1-18(2,3)15-9-7-14(8-10-15)13-20(4)17(21)12-16-6-5-11-19-16/h7-10,16,19H,5-6,11-13H2,1-4H3.